The second kappa shape index (κ2) is 7.37. The van der Waals surface area contributed by atoms with E-state index in [1.807, 2.05) is 57.3 Å². The summed E-state index contributed by atoms with van der Waals surface area (Å²) in [5.41, 5.74) is 8.88. The van der Waals surface area contributed by atoms with E-state index in [1.165, 1.54) is 0 Å². The van der Waals surface area contributed by atoms with Crippen molar-refractivity contribution < 1.29 is 4.74 Å². The number of nitrogens with two attached hydrogens (primary N) is 1. The number of ether oxygens (including phenoxy) is 1. The highest BCUT2D eigenvalue weighted by Gasteiger charge is 2.15. The van der Waals surface area contributed by atoms with Crippen LogP contribution in [0.3, 0.4) is 0 Å². The van der Waals surface area contributed by atoms with Crippen molar-refractivity contribution in [2.45, 2.75) is 25.8 Å². The third-order valence-electron chi connectivity index (χ3n) is 5.14. The molecule has 4 aromatic rings. The van der Waals surface area contributed by atoms with Crippen molar-refractivity contribution in [2.24, 2.45) is 12.8 Å². The van der Waals surface area contributed by atoms with Gasteiger partial charge < -0.3 is 20.4 Å². The van der Waals surface area contributed by atoms with Crippen molar-refractivity contribution in [3.05, 3.63) is 48.5 Å². The third kappa shape index (κ3) is 3.89. The first-order valence-corrected chi connectivity index (χ1v) is 9.79. The average Bonchev–Trinajstić information content (AvgIpc) is 3.02. The summed E-state index contributed by atoms with van der Waals surface area (Å²) < 4.78 is 7.48. The number of nitrogens with one attached hydrogen (secondary N) is 1. The van der Waals surface area contributed by atoms with Gasteiger partial charge in [0.15, 0.2) is 5.82 Å². The van der Waals surface area contributed by atoms with Crippen molar-refractivity contribution in [2.75, 3.05) is 19.0 Å². The third-order valence-corrected chi connectivity index (χ3v) is 5.14. The van der Waals surface area contributed by atoms with Crippen LogP contribution in [0.15, 0.2) is 48.5 Å². The predicted molar refractivity (Wildman–Crippen MR) is 119 cm³/mol. The zero-order valence-electron chi connectivity index (χ0n) is 17.4. The molecule has 0 aliphatic carbocycles. The fraction of sp³-hybridized carbons (Fsp3) is 0.304. The SMILES string of the molecule is COc1ccc2c(c1)cc(-c1nc(NCCC(C)(C)N)c3ccccc3n1)n2C. The molecule has 4 rings (SSSR count). The zero-order chi connectivity index (χ0) is 20.6. The summed E-state index contributed by atoms with van der Waals surface area (Å²) in [4.78, 5) is 9.71. The lowest BCUT2D eigenvalue weighted by atomic mass is 10.0. The summed E-state index contributed by atoms with van der Waals surface area (Å²) in [5.74, 6) is 2.36. The quantitative estimate of drug-likeness (QED) is 0.513. The van der Waals surface area contributed by atoms with E-state index in [1.54, 1.807) is 7.11 Å². The summed E-state index contributed by atoms with van der Waals surface area (Å²) in [6.07, 6.45) is 0.842. The molecule has 0 unspecified atom stereocenters. The first-order valence-electron chi connectivity index (χ1n) is 9.79. The van der Waals surface area contributed by atoms with E-state index in [0.717, 1.165) is 52.0 Å². The molecule has 2 aromatic heterocycles. The molecule has 0 aliphatic heterocycles. The molecular weight excluding hydrogens is 362 g/mol. The van der Waals surface area contributed by atoms with E-state index in [9.17, 15) is 0 Å². The molecule has 150 valence electrons. The summed E-state index contributed by atoms with van der Waals surface area (Å²) in [5, 5.41) is 5.57. The number of hydrogen-bond acceptors (Lipinski definition) is 5. The Labute approximate surface area is 170 Å². The highest BCUT2D eigenvalue weighted by molar-refractivity contribution is 5.92. The number of fused-ring (bicyclic) bond motifs is 2. The number of anilines is 1. The Morgan fingerprint density at radius 3 is 2.66 bits per heavy atom. The monoisotopic (exact) mass is 389 g/mol. The van der Waals surface area contributed by atoms with Gasteiger partial charge in [0.1, 0.15) is 11.6 Å². The molecule has 29 heavy (non-hydrogen) atoms. The normalized spacial score (nSPS) is 11.9. The topological polar surface area (TPSA) is 78.0 Å². The molecule has 6 heteroatoms. The van der Waals surface area contributed by atoms with Crippen LogP contribution in [0.1, 0.15) is 20.3 Å². The van der Waals surface area contributed by atoms with Gasteiger partial charge in [0, 0.05) is 35.4 Å². The minimum absolute atomic E-state index is 0.229. The van der Waals surface area contributed by atoms with Gasteiger partial charge in [-0.05, 0) is 56.7 Å². The molecule has 0 bridgehead atoms. The maximum Gasteiger partial charge on any atom is 0.178 e. The van der Waals surface area contributed by atoms with E-state index < -0.39 is 0 Å². The van der Waals surface area contributed by atoms with Gasteiger partial charge in [0.05, 0.1) is 18.3 Å². The number of rotatable bonds is 6. The van der Waals surface area contributed by atoms with Gasteiger partial charge in [-0.2, -0.15) is 0 Å². The van der Waals surface area contributed by atoms with E-state index in [0.29, 0.717) is 5.82 Å². The molecule has 0 saturated heterocycles. The molecule has 0 aliphatic rings. The van der Waals surface area contributed by atoms with Gasteiger partial charge >= 0.3 is 0 Å². The van der Waals surface area contributed by atoms with Crippen LogP contribution in [0.2, 0.25) is 0 Å². The lowest BCUT2D eigenvalue weighted by Crippen LogP contribution is -2.34. The fourth-order valence-corrected chi connectivity index (χ4v) is 3.50. The molecule has 0 spiro atoms. The van der Waals surface area contributed by atoms with E-state index in [4.69, 9.17) is 20.4 Å². The van der Waals surface area contributed by atoms with Gasteiger partial charge in [-0.1, -0.05) is 12.1 Å². The molecular formula is C23H27N5O. The van der Waals surface area contributed by atoms with Gasteiger partial charge in [-0.3, -0.25) is 0 Å². The lowest BCUT2D eigenvalue weighted by Gasteiger charge is -2.19. The van der Waals surface area contributed by atoms with Crippen molar-refractivity contribution in [3.8, 4) is 17.3 Å². The Morgan fingerprint density at radius 2 is 1.90 bits per heavy atom. The molecule has 0 saturated carbocycles. The van der Waals surface area contributed by atoms with E-state index >= 15 is 0 Å². The first-order chi connectivity index (χ1) is 13.9. The van der Waals surface area contributed by atoms with Crippen LogP contribution < -0.4 is 15.8 Å². The second-order valence-corrected chi connectivity index (χ2v) is 8.09. The van der Waals surface area contributed by atoms with Crippen LogP contribution in [-0.2, 0) is 7.05 Å². The van der Waals surface area contributed by atoms with Crippen LogP contribution in [0.4, 0.5) is 5.82 Å². The summed E-state index contributed by atoms with van der Waals surface area (Å²) in [6, 6.07) is 16.2. The number of nitrogens with zero attached hydrogens (tertiary/aromatic N) is 3. The van der Waals surface area contributed by atoms with Crippen molar-refractivity contribution in [1.29, 1.82) is 0 Å². The number of methoxy groups -OCH3 is 1. The van der Waals surface area contributed by atoms with E-state index in [-0.39, 0.29) is 5.54 Å². The van der Waals surface area contributed by atoms with Crippen molar-refractivity contribution in [1.82, 2.24) is 14.5 Å². The minimum Gasteiger partial charge on any atom is -0.497 e. The Hall–Kier alpha value is -3.12. The lowest BCUT2D eigenvalue weighted by molar-refractivity contribution is 0.415. The summed E-state index contributed by atoms with van der Waals surface area (Å²) in [7, 11) is 3.71. The molecule has 0 fully saturated rings. The number of benzene rings is 2. The maximum absolute atomic E-state index is 6.13. The molecule has 2 aromatic carbocycles. The van der Waals surface area contributed by atoms with Gasteiger partial charge in [-0.15, -0.1) is 0 Å². The van der Waals surface area contributed by atoms with Crippen LogP contribution in [0, 0.1) is 0 Å². The smallest absolute Gasteiger partial charge is 0.178 e. The zero-order valence-corrected chi connectivity index (χ0v) is 17.4. The Bertz CT molecular complexity index is 1170. The molecule has 3 N–H and O–H groups in total. The summed E-state index contributed by atoms with van der Waals surface area (Å²) in [6.45, 7) is 4.81. The fourth-order valence-electron chi connectivity index (χ4n) is 3.50. The van der Waals surface area contributed by atoms with Crippen LogP contribution in [0.25, 0.3) is 33.3 Å². The number of aryl methyl sites for hydroxylation is 1. The molecule has 6 nitrogen and oxygen atoms in total. The molecule has 0 atom stereocenters. The van der Waals surface area contributed by atoms with Crippen LogP contribution >= 0.6 is 0 Å². The van der Waals surface area contributed by atoms with E-state index in [2.05, 4.69) is 22.0 Å². The number of hydrogen-bond donors (Lipinski definition) is 2. The highest BCUT2D eigenvalue weighted by Crippen LogP contribution is 2.30. The minimum atomic E-state index is -0.229. The summed E-state index contributed by atoms with van der Waals surface area (Å²) >= 11 is 0. The van der Waals surface area contributed by atoms with Crippen LogP contribution in [-0.4, -0.2) is 33.7 Å². The Balaban J connectivity index is 1.80. The first kappa shape index (κ1) is 19.2. The highest BCUT2D eigenvalue weighted by atomic mass is 16.5. The van der Waals surface area contributed by atoms with Gasteiger partial charge in [0.2, 0.25) is 0 Å². The predicted octanol–water partition coefficient (Wildman–Crippen LogP) is 4.34. The number of aromatic nitrogens is 3. The molecule has 2 heterocycles. The molecule has 0 amide bonds. The average molecular weight is 390 g/mol. The standard InChI is InChI=1S/C23H27N5O/c1-23(2,24)11-12-25-21-17-7-5-6-8-18(17)26-22(27-21)20-14-15-13-16(29-4)9-10-19(15)28(20)3/h5-10,13-14H,11-12,24H2,1-4H3,(H,25,26,27). The van der Waals surface area contributed by atoms with Crippen molar-refractivity contribution >= 4 is 27.6 Å². The second-order valence-electron chi connectivity index (χ2n) is 8.09. The van der Waals surface area contributed by atoms with Gasteiger partial charge in [-0.25, -0.2) is 9.97 Å². The van der Waals surface area contributed by atoms with Gasteiger partial charge in [0.25, 0.3) is 0 Å². The largest absolute Gasteiger partial charge is 0.497 e. The van der Waals surface area contributed by atoms with Crippen LogP contribution in [0.5, 0.6) is 5.75 Å². The number of para-hydroxylation sites is 1. The maximum atomic E-state index is 6.13. The Morgan fingerprint density at radius 1 is 1.10 bits per heavy atom. The molecule has 0 radical (unpaired) electrons. The van der Waals surface area contributed by atoms with Crippen molar-refractivity contribution in [3.63, 3.8) is 0 Å². The Kier molecular flexibility index (Phi) is 4.88.